The number of imide groups is 1. The van der Waals surface area contributed by atoms with Gasteiger partial charge in [-0.15, -0.1) is 0 Å². The second-order valence-electron chi connectivity index (χ2n) is 17.9. The lowest BCUT2D eigenvalue weighted by Crippen LogP contribution is -2.53. The van der Waals surface area contributed by atoms with Gasteiger partial charge in [0, 0.05) is 87.3 Å². The van der Waals surface area contributed by atoms with Crippen LogP contribution in [0.25, 0.3) is 0 Å². The Bertz CT molecular complexity index is 2230. The van der Waals surface area contributed by atoms with Crippen molar-refractivity contribution in [3.8, 4) is 5.75 Å². The molecule has 0 saturated carbocycles. The first kappa shape index (κ1) is 48.1. The number of anilines is 5. The Morgan fingerprint density at radius 2 is 1.68 bits per heavy atom. The number of rotatable bonds is 22. The molecule has 2 saturated heterocycles. The first-order valence-corrected chi connectivity index (χ1v) is 26.1. The van der Waals surface area contributed by atoms with Gasteiger partial charge in [-0.1, -0.05) is 75.5 Å². The Labute approximate surface area is 391 Å². The summed E-state index contributed by atoms with van der Waals surface area (Å²) in [7, 11) is 1.39. The SMILES string of the molecule is COc1cc(N2CCC(N3CCN(CCCCCCCCc4cccc5c4CN(C(C)CCC(=O)NC=O)C5=O)CC3)CC2)ccc1Nc1ncc(Cl)c(Nc2ccccc2P(C)C)n1. The lowest BCUT2D eigenvalue weighted by Gasteiger charge is -2.43. The fourth-order valence-corrected chi connectivity index (χ4v) is 10.7. The Morgan fingerprint density at radius 3 is 2.43 bits per heavy atom. The average Bonchev–Trinajstić information content (AvgIpc) is 3.67. The van der Waals surface area contributed by atoms with Crippen molar-refractivity contribution in [3.05, 3.63) is 88.6 Å². The van der Waals surface area contributed by atoms with Gasteiger partial charge in [-0.2, -0.15) is 4.98 Å². The normalized spacial score (nSPS) is 16.4. The van der Waals surface area contributed by atoms with Crippen LogP contribution < -0.4 is 30.9 Å². The molecule has 4 aromatic rings. The minimum atomic E-state index is -0.310. The quantitative estimate of drug-likeness (QED) is 0.0398. The number of benzene rings is 3. The monoisotopic (exact) mass is 923 g/mol. The van der Waals surface area contributed by atoms with E-state index in [1.165, 1.54) is 49.5 Å². The molecule has 1 unspecified atom stereocenters. The van der Waals surface area contributed by atoms with Gasteiger partial charge in [0.25, 0.3) is 5.91 Å². The smallest absolute Gasteiger partial charge is 0.254 e. The number of methoxy groups -OCH3 is 1. The number of fused-ring (bicyclic) bond motifs is 1. The van der Waals surface area contributed by atoms with Crippen LogP contribution in [0.15, 0.2) is 66.9 Å². The number of ether oxygens (including phenoxy) is 1. The van der Waals surface area contributed by atoms with Crippen LogP contribution in [0.3, 0.4) is 0 Å². The molecular formula is C50H67ClN9O4P. The number of piperidine rings is 1. The number of unbranched alkanes of at least 4 members (excludes halogenated alkanes) is 5. The summed E-state index contributed by atoms with van der Waals surface area (Å²) in [6, 6.07) is 21.2. The molecule has 3 aromatic carbocycles. The fraction of sp³-hybridized carbons (Fsp3) is 0.500. The third kappa shape index (κ3) is 12.8. The van der Waals surface area contributed by atoms with E-state index in [0.29, 0.717) is 42.2 Å². The van der Waals surface area contributed by atoms with Crippen molar-refractivity contribution in [1.82, 2.24) is 30.0 Å². The molecule has 0 spiro atoms. The minimum absolute atomic E-state index is 0.0433. The Morgan fingerprint density at radius 1 is 0.923 bits per heavy atom. The van der Waals surface area contributed by atoms with Crippen molar-refractivity contribution >= 4 is 71.9 Å². The largest absolute Gasteiger partial charge is 0.494 e. The number of hydrogen-bond donors (Lipinski definition) is 3. The highest BCUT2D eigenvalue weighted by Gasteiger charge is 2.32. The summed E-state index contributed by atoms with van der Waals surface area (Å²) in [6.45, 7) is 14.9. The fourth-order valence-electron chi connectivity index (χ4n) is 9.55. The third-order valence-corrected chi connectivity index (χ3v) is 15.0. The van der Waals surface area contributed by atoms with Gasteiger partial charge in [0.05, 0.1) is 19.0 Å². The van der Waals surface area contributed by atoms with Crippen molar-refractivity contribution in [2.75, 3.05) is 81.8 Å². The minimum Gasteiger partial charge on any atom is -0.494 e. The van der Waals surface area contributed by atoms with E-state index in [9.17, 15) is 14.4 Å². The number of piperazine rings is 1. The number of halogens is 1. The molecule has 4 heterocycles. The van der Waals surface area contributed by atoms with Crippen molar-refractivity contribution < 1.29 is 19.1 Å². The van der Waals surface area contributed by atoms with Crippen LogP contribution >= 0.6 is 19.5 Å². The summed E-state index contributed by atoms with van der Waals surface area (Å²) in [4.78, 5) is 54.4. The molecule has 0 bridgehead atoms. The highest BCUT2D eigenvalue weighted by molar-refractivity contribution is 7.64. The van der Waals surface area contributed by atoms with Crippen LogP contribution in [0.4, 0.5) is 28.8 Å². The number of amides is 3. The zero-order valence-electron chi connectivity index (χ0n) is 38.7. The number of hydrogen-bond acceptors (Lipinski definition) is 11. The molecule has 1 aromatic heterocycles. The highest BCUT2D eigenvalue weighted by Crippen LogP contribution is 2.35. The molecule has 3 amide bonds. The molecule has 3 aliphatic rings. The summed E-state index contributed by atoms with van der Waals surface area (Å²) in [6.07, 6.45) is 13.4. The first-order chi connectivity index (χ1) is 31.6. The van der Waals surface area contributed by atoms with Crippen molar-refractivity contribution in [2.45, 2.75) is 96.2 Å². The van der Waals surface area contributed by atoms with Gasteiger partial charge in [-0.3, -0.25) is 24.6 Å². The van der Waals surface area contributed by atoms with E-state index in [1.807, 2.05) is 36.1 Å². The van der Waals surface area contributed by atoms with Crippen LogP contribution in [-0.4, -0.2) is 121 Å². The molecule has 13 nitrogen and oxygen atoms in total. The van der Waals surface area contributed by atoms with Crippen LogP contribution in [0, 0.1) is 0 Å². The van der Waals surface area contributed by atoms with Crippen molar-refractivity contribution in [1.29, 1.82) is 0 Å². The predicted octanol–water partition coefficient (Wildman–Crippen LogP) is 8.56. The maximum Gasteiger partial charge on any atom is 0.254 e. The molecule has 15 heteroatoms. The molecule has 2 fully saturated rings. The zero-order valence-corrected chi connectivity index (χ0v) is 40.3. The second-order valence-corrected chi connectivity index (χ2v) is 20.5. The van der Waals surface area contributed by atoms with Crippen LogP contribution in [0.2, 0.25) is 5.02 Å². The number of nitrogens with zero attached hydrogens (tertiary/aromatic N) is 6. The first-order valence-electron chi connectivity index (χ1n) is 23.5. The molecule has 1 atom stereocenters. The molecular weight excluding hydrogens is 857 g/mol. The van der Waals surface area contributed by atoms with Gasteiger partial charge in [0.1, 0.15) is 10.8 Å². The molecule has 0 radical (unpaired) electrons. The van der Waals surface area contributed by atoms with Crippen molar-refractivity contribution in [2.24, 2.45) is 0 Å². The summed E-state index contributed by atoms with van der Waals surface area (Å²) >= 11 is 6.54. The summed E-state index contributed by atoms with van der Waals surface area (Å²) < 4.78 is 5.86. The summed E-state index contributed by atoms with van der Waals surface area (Å²) in [5.74, 6) is 1.47. The van der Waals surface area contributed by atoms with Gasteiger partial charge in [0.2, 0.25) is 18.3 Å². The highest BCUT2D eigenvalue weighted by atomic mass is 35.5. The summed E-state index contributed by atoms with van der Waals surface area (Å²) in [5.41, 5.74) is 6.17. The molecule has 3 aliphatic heterocycles. The van der Waals surface area contributed by atoms with E-state index in [1.54, 1.807) is 13.3 Å². The Hall–Kier alpha value is -4.81. The topological polar surface area (TPSA) is 135 Å². The maximum absolute atomic E-state index is 13.2. The van der Waals surface area contributed by atoms with Crippen LogP contribution in [-0.2, 0) is 22.6 Å². The average molecular weight is 925 g/mol. The van der Waals surface area contributed by atoms with Crippen LogP contribution in [0.1, 0.15) is 92.6 Å². The maximum atomic E-state index is 13.2. The molecule has 7 rings (SSSR count). The van der Waals surface area contributed by atoms with Gasteiger partial charge >= 0.3 is 0 Å². The summed E-state index contributed by atoms with van der Waals surface area (Å²) in [5, 5.41) is 10.7. The number of nitrogens with one attached hydrogen (secondary N) is 3. The van der Waals surface area contributed by atoms with E-state index < -0.39 is 0 Å². The third-order valence-electron chi connectivity index (χ3n) is 13.4. The van der Waals surface area contributed by atoms with Gasteiger partial charge in [-0.25, -0.2) is 4.98 Å². The molecule has 0 aliphatic carbocycles. The lowest BCUT2D eigenvalue weighted by atomic mass is 9.98. The number of aromatic nitrogens is 2. The van der Waals surface area contributed by atoms with E-state index in [-0.39, 0.29) is 32.2 Å². The second kappa shape index (κ2) is 23.6. The zero-order chi connectivity index (χ0) is 45.7. The van der Waals surface area contributed by atoms with Gasteiger partial charge in [0.15, 0.2) is 5.82 Å². The van der Waals surface area contributed by atoms with E-state index in [4.69, 9.17) is 21.3 Å². The standard InChI is InChI=1S/C50H67ClN9O4P/c1-36(19-22-47(62)53-35-61)60-34-41-37(15-13-16-40(41)49(60)63)14-9-7-5-6-8-12-25-57-28-30-59(31-29-57)38-23-26-58(27-24-38)39-20-21-43(45(32-39)64-2)55-50-52-33-42(51)48(56-50)54-44-17-10-11-18-46(44)65(3)4/h10-11,13,15-18,20-21,32-33,35-36,38H,5-9,12,14,19,22-31,34H2,1-4H3,(H,53,61,62)(H2,52,54,55,56). The van der Waals surface area contributed by atoms with Crippen LogP contribution in [0.5, 0.6) is 5.75 Å². The lowest BCUT2D eigenvalue weighted by molar-refractivity contribution is -0.125. The van der Waals surface area contributed by atoms with E-state index in [0.717, 1.165) is 98.9 Å². The number of carbonyl (C=O) groups excluding carboxylic acids is 3. The van der Waals surface area contributed by atoms with E-state index >= 15 is 0 Å². The number of para-hydroxylation sites is 1. The number of carbonyl (C=O) groups is 3. The van der Waals surface area contributed by atoms with Gasteiger partial charge in [-0.05, 0) is 106 Å². The Balaban J connectivity index is 0.772. The number of aryl methyl sites for hydroxylation is 1. The molecule has 348 valence electrons. The van der Waals surface area contributed by atoms with E-state index in [2.05, 4.69) is 85.4 Å². The van der Waals surface area contributed by atoms with Gasteiger partial charge < -0.3 is 30.1 Å². The molecule has 3 N–H and O–H groups in total. The van der Waals surface area contributed by atoms with Crippen molar-refractivity contribution in [3.63, 3.8) is 0 Å². The Kier molecular flexibility index (Phi) is 17.5. The molecule has 65 heavy (non-hydrogen) atoms. The predicted molar refractivity (Wildman–Crippen MR) is 265 cm³/mol.